The van der Waals surface area contributed by atoms with E-state index in [2.05, 4.69) is 13.8 Å². The number of hydrogen-bond donors (Lipinski definition) is 0. The summed E-state index contributed by atoms with van der Waals surface area (Å²) in [4.78, 5) is 0. The fraction of sp³-hybridized carbons (Fsp3) is 0.857. The van der Waals surface area contributed by atoms with Gasteiger partial charge >= 0.3 is 37.7 Å². The van der Waals surface area contributed by atoms with E-state index in [-0.39, 0.29) is 50.2 Å². The minimum absolute atomic E-state index is 0. The molecule has 3 heteroatoms. The van der Waals surface area contributed by atoms with Crippen LogP contribution in [0.4, 0.5) is 0 Å². The maximum atomic E-state index is 10.1. The largest absolute Gasteiger partial charge is 1.00 e. The molecule has 10 heavy (non-hydrogen) atoms. The minimum Gasteiger partial charge on any atom is -0.856 e. The average Bonchev–Trinajstić information content (AvgIpc) is 1.83. The third kappa shape index (κ3) is 11.9. The smallest absolute Gasteiger partial charge is 0.856 e. The van der Waals surface area contributed by atoms with Gasteiger partial charge in [-0.1, -0.05) is 26.2 Å². The van der Waals surface area contributed by atoms with Crippen LogP contribution in [0.2, 0.25) is 0 Å². The Hall–Kier alpha value is 1.15. The molecule has 0 saturated carbocycles. The Balaban J connectivity index is -0.000000245. The summed E-state index contributed by atoms with van der Waals surface area (Å²) in [6, 6.07) is 0. The van der Waals surface area contributed by atoms with Gasteiger partial charge in [0.15, 0.2) is 0 Å². The summed E-state index contributed by atoms with van der Waals surface area (Å²) in [7, 11) is 0. The first-order chi connectivity index (χ1) is 3.81. The van der Waals surface area contributed by atoms with Crippen LogP contribution in [0.25, 0.3) is 0 Å². The minimum atomic E-state index is -0.0139. The van der Waals surface area contributed by atoms with Crippen molar-refractivity contribution in [3.8, 4) is 0 Å². The molecule has 0 amide bonds. The van der Waals surface area contributed by atoms with Crippen LogP contribution < -0.4 is 42.8 Å². The topological polar surface area (TPSA) is 23.1 Å². The van der Waals surface area contributed by atoms with Crippen LogP contribution in [0.1, 0.15) is 26.2 Å². The summed E-state index contributed by atoms with van der Waals surface area (Å²) < 4.78 is 0. The molecule has 50 valence electrons. The molecule has 0 saturated heterocycles. The third-order valence-electron chi connectivity index (χ3n) is 1.20. The number of hydrogen-bond acceptors (Lipinski definition) is 1. The van der Waals surface area contributed by atoms with Crippen LogP contribution in [-0.2, 0) is 0 Å². The molecule has 0 rings (SSSR count). The normalized spacial score (nSPS) is 11.1. The molecule has 0 radical (unpaired) electrons. The van der Waals surface area contributed by atoms with Crippen molar-refractivity contribution < 1.29 is 42.8 Å². The third-order valence-corrected chi connectivity index (χ3v) is 1.20. The van der Waals surface area contributed by atoms with E-state index in [0.29, 0.717) is 0 Å². The van der Waals surface area contributed by atoms with Gasteiger partial charge in [0.2, 0.25) is 0 Å². The molecule has 0 N–H and O–H groups in total. The fourth-order valence-corrected chi connectivity index (χ4v) is 0.576. The van der Waals surface area contributed by atoms with Gasteiger partial charge in [0.25, 0.3) is 0 Å². The molecule has 0 bridgehead atoms. The summed E-state index contributed by atoms with van der Waals surface area (Å²) in [6.45, 7) is 5.79. The van der Waals surface area contributed by atoms with Crippen molar-refractivity contribution in [1.82, 2.24) is 0 Å². The van der Waals surface area contributed by atoms with E-state index in [1.807, 2.05) is 0 Å². The van der Waals surface area contributed by atoms with Crippen LogP contribution in [0.15, 0.2) is 0 Å². The predicted molar refractivity (Wildman–Crippen MR) is 33.2 cm³/mol. The number of unbranched alkanes of at least 4 members (excludes halogenated alkanes) is 1. The molecule has 1 unspecified atom stereocenters. The summed E-state index contributed by atoms with van der Waals surface area (Å²) in [5.41, 5.74) is 0. The van der Waals surface area contributed by atoms with Crippen LogP contribution in [0.3, 0.4) is 0 Å². The SMILES string of the molecule is [CH2-]C(C[O-])CCCC.[Li+].[Li+]. The molecular formula is C7H14Li2O. The predicted octanol–water partition coefficient (Wildman–Crippen LogP) is -5.00. The first-order valence-electron chi connectivity index (χ1n) is 3.22. The summed E-state index contributed by atoms with van der Waals surface area (Å²) in [6.07, 6.45) is 3.32. The van der Waals surface area contributed by atoms with Gasteiger partial charge in [0.05, 0.1) is 0 Å². The van der Waals surface area contributed by atoms with Crippen molar-refractivity contribution in [2.24, 2.45) is 5.92 Å². The van der Waals surface area contributed by atoms with Gasteiger partial charge in [0.1, 0.15) is 0 Å². The van der Waals surface area contributed by atoms with Gasteiger partial charge in [0, 0.05) is 0 Å². The molecular weight excluding hydrogens is 114 g/mol. The molecule has 0 heterocycles. The van der Waals surface area contributed by atoms with E-state index in [0.717, 1.165) is 12.8 Å². The quantitative estimate of drug-likeness (QED) is 0.274. The van der Waals surface area contributed by atoms with E-state index >= 15 is 0 Å². The zero-order valence-electron chi connectivity index (χ0n) is 7.52. The first-order valence-corrected chi connectivity index (χ1v) is 3.22. The Kier molecular flexibility index (Phi) is 22.1. The monoisotopic (exact) mass is 128 g/mol. The van der Waals surface area contributed by atoms with Crippen molar-refractivity contribution in [1.29, 1.82) is 0 Å². The van der Waals surface area contributed by atoms with E-state index in [4.69, 9.17) is 0 Å². The molecule has 0 aliphatic carbocycles. The van der Waals surface area contributed by atoms with E-state index in [1.54, 1.807) is 0 Å². The maximum absolute atomic E-state index is 10.1. The fourth-order valence-electron chi connectivity index (χ4n) is 0.576. The first kappa shape index (κ1) is 17.3. The standard InChI is InChI=1S/C7H14O.2Li/c1-3-4-5-7(2)6-8;;/h7H,2-6H2,1H3;;/q-2;2*+1. The van der Waals surface area contributed by atoms with Gasteiger partial charge in [-0.3, -0.25) is 0 Å². The van der Waals surface area contributed by atoms with E-state index in [9.17, 15) is 5.11 Å². The van der Waals surface area contributed by atoms with Crippen molar-refractivity contribution in [3.05, 3.63) is 6.92 Å². The maximum Gasteiger partial charge on any atom is 1.00 e. The molecule has 0 aliphatic heterocycles. The van der Waals surface area contributed by atoms with Crippen molar-refractivity contribution in [2.75, 3.05) is 6.61 Å². The Morgan fingerprint density at radius 2 is 1.90 bits per heavy atom. The molecule has 0 spiro atoms. The Morgan fingerprint density at radius 3 is 2.20 bits per heavy atom. The van der Waals surface area contributed by atoms with Gasteiger partial charge in [-0.25, -0.2) is 0 Å². The molecule has 0 aromatic heterocycles. The second-order valence-corrected chi connectivity index (χ2v) is 2.17. The second kappa shape index (κ2) is 12.8. The zero-order valence-corrected chi connectivity index (χ0v) is 7.52. The van der Waals surface area contributed by atoms with E-state index < -0.39 is 0 Å². The van der Waals surface area contributed by atoms with Crippen molar-refractivity contribution in [3.63, 3.8) is 0 Å². The molecule has 0 fully saturated rings. The van der Waals surface area contributed by atoms with Crippen LogP contribution >= 0.6 is 0 Å². The van der Waals surface area contributed by atoms with Gasteiger partial charge < -0.3 is 12.0 Å². The summed E-state index contributed by atoms with van der Waals surface area (Å²) in [5.74, 6) is 0.148. The van der Waals surface area contributed by atoms with Gasteiger partial charge in [-0.2, -0.15) is 12.5 Å². The van der Waals surface area contributed by atoms with Crippen molar-refractivity contribution >= 4 is 0 Å². The van der Waals surface area contributed by atoms with Gasteiger partial charge in [-0.05, 0) is 0 Å². The Bertz CT molecular complexity index is 50.9. The zero-order chi connectivity index (χ0) is 6.41. The molecule has 0 aromatic carbocycles. The molecule has 0 aliphatic rings. The Labute approximate surface area is 88.3 Å². The average molecular weight is 128 g/mol. The molecule has 1 nitrogen and oxygen atoms in total. The van der Waals surface area contributed by atoms with Crippen LogP contribution in [0.5, 0.6) is 0 Å². The van der Waals surface area contributed by atoms with Crippen molar-refractivity contribution in [2.45, 2.75) is 26.2 Å². The second-order valence-electron chi connectivity index (χ2n) is 2.17. The molecule has 1 atom stereocenters. The van der Waals surface area contributed by atoms with E-state index in [1.165, 1.54) is 6.42 Å². The van der Waals surface area contributed by atoms with Crippen LogP contribution in [0, 0.1) is 12.8 Å². The summed E-state index contributed by atoms with van der Waals surface area (Å²) >= 11 is 0. The van der Waals surface area contributed by atoms with Gasteiger partial charge in [-0.15, -0.1) is 0 Å². The Morgan fingerprint density at radius 1 is 1.40 bits per heavy atom. The molecule has 0 aromatic rings. The summed E-state index contributed by atoms with van der Waals surface area (Å²) in [5, 5.41) is 10.1. The number of rotatable bonds is 4. The van der Waals surface area contributed by atoms with Crippen LogP contribution in [-0.4, -0.2) is 6.61 Å².